The first-order chi connectivity index (χ1) is 7.20. The summed E-state index contributed by atoms with van der Waals surface area (Å²) >= 11 is 4.50. The fourth-order valence-electron chi connectivity index (χ4n) is 1.13. The Hall–Kier alpha value is -1.07. The molecule has 15 heavy (non-hydrogen) atoms. The summed E-state index contributed by atoms with van der Waals surface area (Å²) in [6.45, 7) is 0. The highest BCUT2D eigenvalue weighted by Crippen LogP contribution is 2.28. The minimum Gasteiger partial charge on any atom is -0.296 e. The van der Waals surface area contributed by atoms with Gasteiger partial charge in [0.2, 0.25) is 0 Å². The summed E-state index contributed by atoms with van der Waals surface area (Å²) in [5.74, 6) is -0.343. The highest BCUT2D eigenvalue weighted by molar-refractivity contribution is 9.10. The minimum absolute atomic E-state index is 0.328. The maximum absolute atomic E-state index is 13.4. The molecule has 0 bridgehead atoms. The Morgan fingerprint density at radius 3 is 2.93 bits per heavy atom. The van der Waals surface area contributed by atoms with Crippen molar-refractivity contribution in [2.45, 2.75) is 0 Å². The number of thiazole rings is 1. The number of nitrogens with zero attached hydrogens (tertiary/aromatic N) is 1. The van der Waals surface area contributed by atoms with Crippen molar-refractivity contribution in [1.82, 2.24) is 4.98 Å². The van der Waals surface area contributed by atoms with E-state index >= 15 is 0 Å². The van der Waals surface area contributed by atoms with E-state index in [2.05, 4.69) is 20.9 Å². The minimum atomic E-state index is -0.343. The van der Waals surface area contributed by atoms with Gasteiger partial charge in [-0.05, 0) is 18.2 Å². The van der Waals surface area contributed by atoms with Crippen LogP contribution in [0.5, 0.6) is 0 Å². The smallest absolute Gasteiger partial charge is 0.169 e. The third kappa shape index (κ3) is 2.13. The molecular weight excluding hydrogens is 281 g/mol. The number of hydrogen-bond donors (Lipinski definition) is 0. The van der Waals surface area contributed by atoms with Crippen LogP contribution in [0.15, 0.2) is 28.1 Å². The zero-order valence-electron chi connectivity index (χ0n) is 7.41. The van der Waals surface area contributed by atoms with E-state index in [4.69, 9.17) is 0 Å². The fourth-order valence-corrected chi connectivity index (χ4v) is 2.27. The van der Waals surface area contributed by atoms with Gasteiger partial charge < -0.3 is 0 Å². The monoisotopic (exact) mass is 285 g/mol. The lowest BCUT2D eigenvalue weighted by Gasteiger charge is -1.99. The Bertz CT molecular complexity index is 512. The average Bonchev–Trinajstić information content (AvgIpc) is 2.70. The van der Waals surface area contributed by atoms with E-state index < -0.39 is 0 Å². The number of rotatable bonds is 2. The third-order valence-electron chi connectivity index (χ3n) is 1.80. The summed E-state index contributed by atoms with van der Waals surface area (Å²) in [7, 11) is 0. The standard InChI is InChI=1S/C10H5BrFNOS/c11-6-1-2-9(12)8(3-6)10-13-7(4-14)5-15-10/h1-5H. The van der Waals surface area contributed by atoms with E-state index in [1.54, 1.807) is 17.5 Å². The van der Waals surface area contributed by atoms with Gasteiger partial charge in [-0.3, -0.25) is 4.79 Å². The van der Waals surface area contributed by atoms with E-state index in [0.29, 0.717) is 22.6 Å². The van der Waals surface area contributed by atoms with E-state index in [1.165, 1.54) is 17.4 Å². The molecule has 0 amide bonds. The topological polar surface area (TPSA) is 30.0 Å². The first-order valence-electron chi connectivity index (χ1n) is 4.07. The third-order valence-corrected chi connectivity index (χ3v) is 3.19. The van der Waals surface area contributed by atoms with Crippen molar-refractivity contribution in [1.29, 1.82) is 0 Å². The predicted octanol–water partition coefficient (Wildman–Crippen LogP) is 3.52. The quantitative estimate of drug-likeness (QED) is 0.790. The van der Waals surface area contributed by atoms with Gasteiger partial charge in [-0.2, -0.15) is 0 Å². The van der Waals surface area contributed by atoms with Crippen molar-refractivity contribution in [2.24, 2.45) is 0 Å². The molecule has 1 aromatic heterocycles. The van der Waals surface area contributed by atoms with Gasteiger partial charge in [0.25, 0.3) is 0 Å². The lowest BCUT2D eigenvalue weighted by Crippen LogP contribution is -1.85. The Morgan fingerprint density at radius 1 is 1.47 bits per heavy atom. The molecule has 5 heteroatoms. The molecule has 0 unspecified atom stereocenters. The van der Waals surface area contributed by atoms with Crippen LogP contribution in [-0.2, 0) is 0 Å². The Kier molecular flexibility index (Phi) is 2.93. The van der Waals surface area contributed by atoms with Gasteiger partial charge in [0.15, 0.2) is 6.29 Å². The van der Waals surface area contributed by atoms with Crippen LogP contribution in [0.1, 0.15) is 10.5 Å². The second-order valence-electron chi connectivity index (χ2n) is 2.82. The van der Waals surface area contributed by atoms with Gasteiger partial charge in [-0.25, -0.2) is 9.37 Å². The van der Waals surface area contributed by atoms with E-state index in [-0.39, 0.29) is 5.82 Å². The van der Waals surface area contributed by atoms with Crippen molar-refractivity contribution in [3.05, 3.63) is 39.6 Å². The average molecular weight is 286 g/mol. The zero-order valence-corrected chi connectivity index (χ0v) is 9.81. The molecule has 0 aliphatic heterocycles. The van der Waals surface area contributed by atoms with Crippen LogP contribution in [0.25, 0.3) is 10.6 Å². The number of carbonyl (C=O) groups is 1. The zero-order chi connectivity index (χ0) is 10.8. The van der Waals surface area contributed by atoms with E-state index in [1.807, 2.05) is 0 Å². The second-order valence-corrected chi connectivity index (χ2v) is 4.59. The molecule has 0 saturated carbocycles. The summed E-state index contributed by atoms with van der Waals surface area (Å²) in [6.07, 6.45) is 0.649. The molecule has 0 N–H and O–H groups in total. The molecule has 0 atom stereocenters. The summed E-state index contributed by atoms with van der Waals surface area (Å²) in [5.41, 5.74) is 0.733. The number of aromatic nitrogens is 1. The Morgan fingerprint density at radius 2 is 2.27 bits per heavy atom. The number of halogens is 2. The van der Waals surface area contributed by atoms with Crippen molar-refractivity contribution >= 4 is 33.6 Å². The van der Waals surface area contributed by atoms with Crippen molar-refractivity contribution in [3.63, 3.8) is 0 Å². The van der Waals surface area contributed by atoms with E-state index in [9.17, 15) is 9.18 Å². The molecule has 2 rings (SSSR count). The summed E-state index contributed by atoms with van der Waals surface area (Å²) in [4.78, 5) is 14.4. The molecule has 0 aliphatic rings. The first-order valence-corrected chi connectivity index (χ1v) is 5.74. The summed E-state index contributed by atoms with van der Waals surface area (Å²) in [5, 5.41) is 2.11. The van der Waals surface area contributed by atoms with Crippen LogP contribution in [0, 0.1) is 5.82 Å². The number of hydrogen-bond acceptors (Lipinski definition) is 3. The van der Waals surface area contributed by atoms with Gasteiger partial charge in [-0.15, -0.1) is 11.3 Å². The van der Waals surface area contributed by atoms with Crippen LogP contribution >= 0.6 is 27.3 Å². The largest absolute Gasteiger partial charge is 0.296 e. The maximum Gasteiger partial charge on any atom is 0.169 e. The molecule has 1 heterocycles. The molecule has 2 aromatic rings. The molecule has 2 nitrogen and oxygen atoms in total. The van der Waals surface area contributed by atoms with Crippen LogP contribution in [0.2, 0.25) is 0 Å². The number of carbonyl (C=O) groups excluding carboxylic acids is 1. The second kappa shape index (κ2) is 4.20. The van der Waals surface area contributed by atoms with Crippen molar-refractivity contribution < 1.29 is 9.18 Å². The highest BCUT2D eigenvalue weighted by atomic mass is 79.9. The Labute approximate surface area is 97.9 Å². The lowest BCUT2D eigenvalue weighted by molar-refractivity contribution is 0.111. The van der Waals surface area contributed by atoms with E-state index in [0.717, 1.165) is 4.47 Å². The fraction of sp³-hybridized carbons (Fsp3) is 0. The molecule has 0 fully saturated rings. The highest BCUT2D eigenvalue weighted by Gasteiger charge is 2.09. The Balaban J connectivity index is 2.52. The van der Waals surface area contributed by atoms with Gasteiger partial charge in [0.05, 0.1) is 0 Å². The molecule has 1 aromatic carbocycles. The van der Waals surface area contributed by atoms with Crippen LogP contribution in [-0.4, -0.2) is 11.3 Å². The normalized spacial score (nSPS) is 10.3. The molecule has 0 saturated heterocycles. The summed E-state index contributed by atoms with van der Waals surface area (Å²) < 4.78 is 14.2. The SMILES string of the molecule is O=Cc1csc(-c2cc(Br)ccc2F)n1. The molecule has 0 spiro atoms. The van der Waals surface area contributed by atoms with Gasteiger partial charge in [-0.1, -0.05) is 15.9 Å². The molecular formula is C10H5BrFNOS. The van der Waals surface area contributed by atoms with Crippen LogP contribution in [0.3, 0.4) is 0 Å². The molecule has 0 aliphatic carbocycles. The molecule has 0 radical (unpaired) electrons. The van der Waals surface area contributed by atoms with Gasteiger partial charge in [0.1, 0.15) is 16.5 Å². The first kappa shape index (κ1) is 10.4. The van der Waals surface area contributed by atoms with Crippen LogP contribution in [0.4, 0.5) is 4.39 Å². The van der Waals surface area contributed by atoms with Gasteiger partial charge in [0, 0.05) is 15.4 Å². The van der Waals surface area contributed by atoms with Crippen LogP contribution < -0.4 is 0 Å². The summed E-state index contributed by atoms with van der Waals surface area (Å²) in [6, 6.07) is 4.62. The predicted molar refractivity (Wildman–Crippen MR) is 60.6 cm³/mol. The number of aldehydes is 1. The van der Waals surface area contributed by atoms with Crippen molar-refractivity contribution in [2.75, 3.05) is 0 Å². The van der Waals surface area contributed by atoms with Gasteiger partial charge >= 0.3 is 0 Å². The van der Waals surface area contributed by atoms with Crippen molar-refractivity contribution in [3.8, 4) is 10.6 Å². The number of benzene rings is 1. The lowest BCUT2D eigenvalue weighted by atomic mass is 10.2. The maximum atomic E-state index is 13.4. The molecule has 76 valence electrons.